The summed E-state index contributed by atoms with van der Waals surface area (Å²) in [6.07, 6.45) is 0. The van der Waals surface area contributed by atoms with Crippen LogP contribution in [0.15, 0.2) is 18.2 Å². The topological polar surface area (TPSA) is 73.2 Å². The first-order valence-electron chi connectivity index (χ1n) is 6.10. The molecule has 5 nitrogen and oxygen atoms in total. The average molecular weight is 289 g/mol. The fourth-order valence-corrected chi connectivity index (χ4v) is 3.07. The first-order valence-corrected chi connectivity index (χ1v) is 6.92. The van der Waals surface area contributed by atoms with Crippen molar-refractivity contribution in [3.05, 3.63) is 23.8 Å². The quantitative estimate of drug-likeness (QED) is 0.776. The van der Waals surface area contributed by atoms with E-state index in [1.54, 1.807) is 14.2 Å². The molecule has 0 bridgehead atoms. The van der Waals surface area contributed by atoms with Crippen molar-refractivity contribution in [1.82, 2.24) is 9.97 Å². The summed E-state index contributed by atoms with van der Waals surface area (Å²) in [6.45, 7) is 2.02. The van der Waals surface area contributed by atoms with Crippen molar-refractivity contribution in [3.8, 4) is 22.2 Å². The lowest BCUT2D eigenvalue weighted by Crippen LogP contribution is -1.89. The molecule has 0 aliphatic heterocycles. The molecule has 0 atom stereocenters. The van der Waals surface area contributed by atoms with Gasteiger partial charge in [0.05, 0.1) is 35.1 Å². The number of nitrogen functional groups attached to an aromatic ring is 1. The summed E-state index contributed by atoms with van der Waals surface area (Å²) in [6, 6.07) is 5.70. The van der Waals surface area contributed by atoms with E-state index >= 15 is 0 Å². The lowest BCUT2D eigenvalue weighted by atomic mass is 10.3. The molecule has 2 aromatic heterocycles. The number of rotatable bonds is 3. The number of H-pyrrole nitrogens is 1. The summed E-state index contributed by atoms with van der Waals surface area (Å²) in [5, 5.41) is 0.785. The Morgan fingerprint density at radius 3 is 2.45 bits per heavy atom. The van der Waals surface area contributed by atoms with Crippen LogP contribution in [0.3, 0.4) is 0 Å². The average Bonchev–Trinajstić information content (AvgIpc) is 2.99. The highest BCUT2D eigenvalue weighted by molar-refractivity contribution is 7.19. The van der Waals surface area contributed by atoms with E-state index in [0.717, 1.165) is 32.3 Å². The maximum atomic E-state index is 5.84. The maximum absolute atomic E-state index is 5.84. The van der Waals surface area contributed by atoms with Crippen molar-refractivity contribution < 1.29 is 9.47 Å². The van der Waals surface area contributed by atoms with Gasteiger partial charge in [0.1, 0.15) is 5.82 Å². The van der Waals surface area contributed by atoms with Crippen LogP contribution >= 0.6 is 11.3 Å². The molecule has 104 valence electrons. The largest absolute Gasteiger partial charge is 0.493 e. The van der Waals surface area contributed by atoms with Crippen LogP contribution in [0.5, 0.6) is 11.5 Å². The van der Waals surface area contributed by atoms with Crippen LogP contribution in [-0.4, -0.2) is 24.2 Å². The summed E-state index contributed by atoms with van der Waals surface area (Å²) in [5.74, 6) is 2.16. The van der Waals surface area contributed by atoms with Crippen molar-refractivity contribution >= 4 is 27.4 Å². The number of anilines is 1. The predicted molar refractivity (Wildman–Crippen MR) is 81.7 cm³/mol. The van der Waals surface area contributed by atoms with Gasteiger partial charge in [-0.05, 0) is 18.6 Å². The molecule has 3 N–H and O–H groups in total. The van der Waals surface area contributed by atoms with Gasteiger partial charge in [-0.2, -0.15) is 0 Å². The first-order chi connectivity index (χ1) is 9.62. The zero-order valence-electron chi connectivity index (χ0n) is 11.5. The molecule has 0 spiro atoms. The minimum atomic E-state index is 0.667. The third-order valence-electron chi connectivity index (χ3n) is 3.14. The van der Waals surface area contributed by atoms with Crippen LogP contribution in [0.4, 0.5) is 5.00 Å². The molecule has 1 aromatic carbocycles. The Labute approximate surface area is 120 Å². The Balaban J connectivity index is 2.17. The van der Waals surface area contributed by atoms with Crippen LogP contribution in [0.1, 0.15) is 5.56 Å². The number of hydrogen-bond donors (Lipinski definition) is 2. The molecular weight excluding hydrogens is 274 g/mol. The van der Waals surface area contributed by atoms with Crippen LogP contribution in [0.25, 0.3) is 21.7 Å². The van der Waals surface area contributed by atoms with Gasteiger partial charge in [-0.3, -0.25) is 0 Å². The zero-order chi connectivity index (χ0) is 14.3. The Kier molecular flexibility index (Phi) is 3.02. The molecule has 0 aliphatic carbocycles. The molecule has 0 saturated heterocycles. The van der Waals surface area contributed by atoms with Crippen LogP contribution in [0, 0.1) is 6.92 Å². The van der Waals surface area contributed by atoms with Gasteiger partial charge in [0, 0.05) is 12.1 Å². The van der Waals surface area contributed by atoms with Crippen molar-refractivity contribution in [2.75, 3.05) is 20.0 Å². The highest BCUT2D eigenvalue weighted by Gasteiger charge is 2.14. The van der Waals surface area contributed by atoms with Gasteiger partial charge in [0.2, 0.25) is 0 Å². The summed E-state index contributed by atoms with van der Waals surface area (Å²) in [7, 11) is 3.23. The second-order valence-electron chi connectivity index (χ2n) is 4.47. The van der Waals surface area contributed by atoms with Gasteiger partial charge in [-0.15, -0.1) is 11.3 Å². The van der Waals surface area contributed by atoms with E-state index < -0.39 is 0 Å². The van der Waals surface area contributed by atoms with E-state index in [-0.39, 0.29) is 0 Å². The van der Waals surface area contributed by atoms with E-state index in [1.165, 1.54) is 11.3 Å². The number of nitrogens with one attached hydrogen (secondary N) is 1. The first kappa shape index (κ1) is 12.8. The fourth-order valence-electron chi connectivity index (χ4n) is 2.19. The molecule has 0 aliphatic rings. The van der Waals surface area contributed by atoms with Crippen molar-refractivity contribution in [1.29, 1.82) is 0 Å². The standard InChI is InChI=1S/C14H15N3O2S/c1-7-4-12(15)20-13(7)14-16-8-5-10(18-2)11(19-3)6-9(8)17-14/h4-6H,15H2,1-3H3,(H,16,17). The van der Waals surface area contributed by atoms with Gasteiger partial charge in [-0.25, -0.2) is 4.98 Å². The summed E-state index contributed by atoms with van der Waals surface area (Å²) < 4.78 is 10.6. The summed E-state index contributed by atoms with van der Waals surface area (Å²) in [4.78, 5) is 8.96. The summed E-state index contributed by atoms with van der Waals surface area (Å²) >= 11 is 1.52. The number of imidazole rings is 1. The second kappa shape index (κ2) is 4.72. The number of aromatic nitrogens is 2. The van der Waals surface area contributed by atoms with Crippen LogP contribution in [0.2, 0.25) is 0 Å². The normalized spacial score (nSPS) is 10.9. The number of aryl methyl sites for hydroxylation is 1. The van der Waals surface area contributed by atoms with Crippen molar-refractivity contribution in [2.24, 2.45) is 0 Å². The molecule has 3 aromatic rings. The minimum Gasteiger partial charge on any atom is -0.493 e. The number of benzene rings is 1. The van der Waals surface area contributed by atoms with Gasteiger partial charge in [0.25, 0.3) is 0 Å². The molecule has 3 rings (SSSR count). The highest BCUT2D eigenvalue weighted by atomic mass is 32.1. The lowest BCUT2D eigenvalue weighted by molar-refractivity contribution is 0.356. The molecule has 20 heavy (non-hydrogen) atoms. The van der Waals surface area contributed by atoms with E-state index in [0.29, 0.717) is 11.5 Å². The van der Waals surface area contributed by atoms with Gasteiger partial charge < -0.3 is 20.2 Å². The second-order valence-corrected chi connectivity index (χ2v) is 5.55. The number of nitrogens with zero attached hydrogens (tertiary/aromatic N) is 1. The minimum absolute atomic E-state index is 0.667. The molecule has 6 heteroatoms. The van der Waals surface area contributed by atoms with E-state index in [9.17, 15) is 0 Å². The predicted octanol–water partition coefficient (Wildman–Crippen LogP) is 3.20. The highest BCUT2D eigenvalue weighted by Crippen LogP contribution is 2.36. The Hall–Kier alpha value is -2.21. The summed E-state index contributed by atoms with van der Waals surface area (Å²) in [5.41, 5.74) is 8.70. The molecule has 2 heterocycles. The molecule has 0 radical (unpaired) electrons. The van der Waals surface area contributed by atoms with E-state index in [2.05, 4.69) is 9.97 Å². The molecule has 0 amide bonds. The third kappa shape index (κ3) is 1.98. The maximum Gasteiger partial charge on any atom is 0.163 e. The number of thiophene rings is 1. The number of aromatic amines is 1. The Bertz CT molecular complexity index is 735. The zero-order valence-corrected chi connectivity index (χ0v) is 12.3. The fraction of sp³-hybridized carbons (Fsp3) is 0.214. The SMILES string of the molecule is COc1cc2nc(-c3sc(N)cc3C)[nH]c2cc1OC. The number of fused-ring (bicyclic) bond motifs is 1. The Morgan fingerprint density at radius 2 is 1.85 bits per heavy atom. The molecule has 0 saturated carbocycles. The van der Waals surface area contributed by atoms with Crippen molar-refractivity contribution in [2.45, 2.75) is 6.92 Å². The third-order valence-corrected chi connectivity index (χ3v) is 4.21. The molecular formula is C14H15N3O2S. The van der Waals surface area contributed by atoms with Crippen molar-refractivity contribution in [3.63, 3.8) is 0 Å². The number of nitrogens with two attached hydrogens (primary N) is 1. The number of hydrogen-bond acceptors (Lipinski definition) is 5. The van der Waals surface area contributed by atoms with Gasteiger partial charge in [0.15, 0.2) is 11.5 Å². The van der Waals surface area contributed by atoms with Crippen LogP contribution in [-0.2, 0) is 0 Å². The smallest absolute Gasteiger partial charge is 0.163 e. The molecule has 0 fully saturated rings. The monoisotopic (exact) mass is 289 g/mol. The Morgan fingerprint density at radius 1 is 1.15 bits per heavy atom. The van der Waals surface area contributed by atoms with E-state index in [4.69, 9.17) is 15.2 Å². The lowest BCUT2D eigenvalue weighted by Gasteiger charge is -2.06. The van der Waals surface area contributed by atoms with Gasteiger partial charge in [-0.1, -0.05) is 0 Å². The van der Waals surface area contributed by atoms with E-state index in [1.807, 2.05) is 25.1 Å². The van der Waals surface area contributed by atoms with Crippen LogP contribution < -0.4 is 15.2 Å². The molecule has 0 unspecified atom stereocenters. The number of methoxy groups -OCH3 is 2. The number of ether oxygens (including phenoxy) is 2. The van der Waals surface area contributed by atoms with Gasteiger partial charge >= 0.3 is 0 Å².